The first-order chi connectivity index (χ1) is 6.73. The van der Waals surface area contributed by atoms with Crippen LogP contribution in [-0.2, 0) is 4.79 Å². The van der Waals surface area contributed by atoms with Gasteiger partial charge in [-0.1, -0.05) is 19.3 Å². The Hall–Kier alpha value is -0.610. The lowest BCUT2D eigenvalue weighted by molar-refractivity contribution is -0.137. The van der Waals surface area contributed by atoms with E-state index in [9.17, 15) is 4.79 Å². The molecule has 2 N–H and O–H groups in total. The van der Waals surface area contributed by atoms with Crippen molar-refractivity contribution in [3.8, 4) is 0 Å². The molecule has 1 aliphatic carbocycles. The molecule has 1 aliphatic heterocycles. The number of hydrogen-bond donors (Lipinski definition) is 2. The van der Waals surface area contributed by atoms with Gasteiger partial charge in [0.15, 0.2) is 0 Å². The topological polar surface area (TPSA) is 62.2 Å². The summed E-state index contributed by atoms with van der Waals surface area (Å²) < 4.78 is 0. The van der Waals surface area contributed by atoms with Gasteiger partial charge in [0.2, 0.25) is 0 Å². The molecule has 1 saturated carbocycles. The molecule has 0 bridgehead atoms. The maximum atomic E-state index is 10.3. The van der Waals surface area contributed by atoms with E-state index < -0.39 is 5.97 Å². The second-order valence-corrected chi connectivity index (χ2v) is 4.35. The Morgan fingerprint density at radius 1 is 1.36 bits per heavy atom. The molecule has 14 heavy (non-hydrogen) atoms. The summed E-state index contributed by atoms with van der Waals surface area (Å²) in [6, 6.07) is 0. The van der Waals surface area contributed by atoms with Crippen molar-refractivity contribution in [3.05, 3.63) is 0 Å². The summed E-state index contributed by atoms with van der Waals surface area (Å²) in [6.45, 7) is 0.881. The molecule has 1 saturated heterocycles. The molecule has 4 heteroatoms. The van der Waals surface area contributed by atoms with Crippen LogP contribution in [0.2, 0.25) is 0 Å². The molecule has 2 rings (SSSR count). The Morgan fingerprint density at radius 3 is 2.71 bits per heavy atom. The van der Waals surface area contributed by atoms with Crippen molar-refractivity contribution in [2.24, 2.45) is 0 Å². The fourth-order valence-electron chi connectivity index (χ4n) is 2.40. The highest BCUT2D eigenvalue weighted by Gasteiger charge is 2.50. The van der Waals surface area contributed by atoms with Crippen LogP contribution in [0.5, 0.6) is 0 Å². The van der Waals surface area contributed by atoms with Crippen molar-refractivity contribution < 1.29 is 9.90 Å². The molecule has 1 unspecified atom stereocenters. The predicted molar refractivity (Wildman–Crippen MR) is 52.5 cm³/mol. The predicted octanol–water partition coefficient (Wildman–Crippen LogP) is 1.33. The standard InChI is InChI=1S/C10H18N2O2/c13-9(14)5-4-8-12-10(11-12)6-2-1-3-7-10/h11H,1-8H2,(H,13,14). The summed E-state index contributed by atoms with van der Waals surface area (Å²) in [4.78, 5) is 10.3. The third-order valence-electron chi connectivity index (χ3n) is 3.26. The summed E-state index contributed by atoms with van der Waals surface area (Å²) in [5, 5.41) is 10.7. The molecule has 0 aromatic heterocycles. The normalized spacial score (nSPS) is 29.0. The zero-order valence-corrected chi connectivity index (χ0v) is 8.46. The van der Waals surface area contributed by atoms with Crippen LogP contribution in [0.25, 0.3) is 0 Å². The van der Waals surface area contributed by atoms with Crippen LogP contribution in [-0.4, -0.2) is 28.3 Å². The number of rotatable bonds is 4. The van der Waals surface area contributed by atoms with Gasteiger partial charge in [0, 0.05) is 13.0 Å². The maximum Gasteiger partial charge on any atom is 0.303 e. The van der Waals surface area contributed by atoms with Gasteiger partial charge in [-0.15, -0.1) is 0 Å². The Labute approximate surface area is 84.2 Å². The van der Waals surface area contributed by atoms with Crippen LogP contribution >= 0.6 is 0 Å². The van der Waals surface area contributed by atoms with E-state index in [1.54, 1.807) is 0 Å². The van der Waals surface area contributed by atoms with Gasteiger partial charge < -0.3 is 5.11 Å². The molecule has 2 fully saturated rings. The van der Waals surface area contributed by atoms with Crippen molar-refractivity contribution >= 4 is 5.97 Å². The minimum atomic E-state index is -0.690. The number of nitrogens with zero attached hydrogens (tertiary/aromatic N) is 1. The van der Waals surface area contributed by atoms with Gasteiger partial charge in [0.05, 0.1) is 5.66 Å². The molecular weight excluding hydrogens is 180 g/mol. The van der Waals surface area contributed by atoms with E-state index in [0.717, 1.165) is 13.0 Å². The first-order valence-corrected chi connectivity index (χ1v) is 5.50. The van der Waals surface area contributed by atoms with Gasteiger partial charge >= 0.3 is 5.97 Å². The van der Waals surface area contributed by atoms with Crippen molar-refractivity contribution in [2.45, 2.75) is 50.6 Å². The monoisotopic (exact) mass is 198 g/mol. The summed E-state index contributed by atoms with van der Waals surface area (Å²) >= 11 is 0. The van der Waals surface area contributed by atoms with Crippen molar-refractivity contribution in [1.29, 1.82) is 0 Å². The number of carbonyl (C=O) groups is 1. The van der Waals surface area contributed by atoms with Gasteiger partial charge in [-0.25, -0.2) is 10.4 Å². The quantitative estimate of drug-likeness (QED) is 0.669. The van der Waals surface area contributed by atoms with E-state index in [0.29, 0.717) is 0 Å². The Kier molecular flexibility index (Phi) is 2.74. The van der Waals surface area contributed by atoms with Crippen molar-refractivity contribution in [1.82, 2.24) is 10.4 Å². The van der Waals surface area contributed by atoms with Gasteiger partial charge in [0.25, 0.3) is 0 Å². The molecule has 80 valence electrons. The van der Waals surface area contributed by atoms with Crippen LogP contribution in [0.3, 0.4) is 0 Å². The zero-order chi connectivity index (χ0) is 10.0. The molecule has 0 amide bonds. The van der Waals surface area contributed by atoms with Gasteiger partial charge in [-0.05, 0) is 19.3 Å². The molecule has 0 radical (unpaired) electrons. The molecule has 4 nitrogen and oxygen atoms in total. The zero-order valence-electron chi connectivity index (χ0n) is 8.46. The smallest absolute Gasteiger partial charge is 0.303 e. The van der Waals surface area contributed by atoms with Gasteiger partial charge in [-0.2, -0.15) is 0 Å². The van der Waals surface area contributed by atoms with Crippen molar-refractivity contribution in [2.75, 3.05) is 6.54 Å². The second kappa shape index (κ2) is 3.87. The van der Waals surface area contributed by atoms with Crippen LogP contribution in [0.4, 0.5) is 0 Å². The Bertz CT molecular complexity index is 224. The summed E-state index contributed by atoms with van der Waals surface area (Å²) in [5.41, 5.74) is 3.67. The van der Waals surface area contributed by atoms with Crippen LogP contribution in [0, 0.1) is 0 Å². The average Bonchev–Trinajstić information content (AvgIpc) is 2.79. The van der Waals surface area contributed by atoms with E-state index in [2.05, 4.69) is 10.4 Å². The van der Waals surface area contributed by atoms with Crippen molar-refractivity contribution in [3.63, 3.8) is 0 Å². The highest BCUT2D eigenvalue weighted by molar-refractivity contribution is 5.66. The molecule has 1 spiro atoms. The van der Waals surface area contributed by atoms with E-state index in [1.165, 1.54) is 32.1 Å². The maximum absolute atomic E-state index is 10.3. The Balaban J connectivity index is 1.67. The van der Waals surface area contributed by atoms with E-state index in [1.807, 2.05) is 0 Å². The lowest BCUT2D eigenvalue weighted by Gasteiger charge is -2.19. The molecule has 1 atom stereocenters. The fraction of sp³-hybridized carbons (Fsp3) is 0.900. The van der Waals surface area contributed by atoms with E-state index >= 15 is 0 Å². The minimum Gasteiger partial charge on any atom is -0.481 e. The lowest BCUT2D eigenvalue weighted by Crippen LogP contribution is -2.23. The number of nitrogens with one attached hydrogen (secondary N) is 1. The van der Waals surface area contributed by atoms with E-state index in [4.69, 9.17) is 5.11 Å². The summed E-state index contributed by atoms with van der Waals surface area (Å²) in [7, 11) is 0. The lowest BCUT2D eigenvalue weighted by atomic mass is 9.92. The van der Waals surface area contributed by atoms with Crippen LogP contribution < -0.4 is 5.43 Å². The highest BCUT2D eigenvalue weighted by atomic mass is 16.4. The number of aliphatic carboxylic acids is 1. The SMILES string of the molecule is O=C(O)CCCN1NC12CCCCC2. The second-order valence-electron chi connectivity index (χ2n) is 4.35. The highest BCUT2D eigenvalue weighted by Crippen LogP contribution is 2.39. The molecule has 1 heterocycles. The van der Waals surface area contributed by atoms with E-state index in [-0.39, 0.29) is 12.1 Å². The Morgan fingerprint density at radius 2 is 2.07 bits per heavy atom. The number of hydrogen-bond acceptors (Lipinski definition) is 3. The summed E-state index contributed by atoms with van der Waals surface area (Å²) in [5.74, 6) is -0.690. The van der Waals surface area contributed by atoms with Crippen LogP contribution in [0.1, 0.15) is 44.9 Å². The molecule has 2 aliphatic rings. The first-order valence-electron chi connectivity index (χ1n) is 5.50. The van der Waals surface area contributed by atoms with Gasteiger partial charge in [-0.3, -0.25) is 4.79 Å². The minimum absolute atomic E-state index is 0.275. The molecule has 0 aromatic rings. The third-order valence-corrected chi connectivity index (χ3v) is 3.26. The average molecular weight is 198 g/mol. The molecule has 0 aromatic carbocycles. The first kappa shape index (κ1) is 9.93. The number of carboxylic acid groups (broad SMARTS) is 1. The fourth-order valence-corrected chi connectivity index (χ4v) is 2.40. The molecular formula is C10H18N2O2. The van der Waals surface area contributed by atoms with Crippen LogP contribution in [0.15, 0.2) is 0 Å². The third kappa shape index (κ3) is 2.07. The number of carboxylic acids is 1. The number of hydrazine groups is 1. The summed E-state index contributed by atoms with van der Waals surface area (Å²) in [6.07, 6.45) is 7.48. The van der Waals surface area contributed by atoms with Gasteiger partial charge in [0.1, 0.15) is 0 Å². The largest absolute Gasteiger partial charge is 0.481 e.